The van der Waals surface area contributed by atoms with E-state index in [1.807, 2.05) is 0 Å². The van der Waals surface area contributed by atoms with E-state index in [4.69, 9.17) is 5.73 Å². The lowest BCUT2D eigenvalue weighted by Crippen LogP contribution is -2.44. The summed E-state index contributed by atoms with van der Waals surface area (Å²) in [5.74, 6) is 0.179. The van der Waals surface area contributed by atoms with Gasteiger partial charge in [0.1, 0.15) is 0 Å². The zero-order chi connectivity index (χ0) is 11.7. The third kappa shape index (κ3) is 6.50. The van der Waals surface area contributed by atoms with Crippen LogP contribution >= 0.6 is 0 Å². The highest BCUT2D eigenvalue weighted by atomic mass is 16.1. The van der Waals surface area contributed by atoms with Gasteiger partial charge in [0.2, 0.25) is 5.91 Å². The summed E-state index contributed by atoms with van der Waals surface area (Å²) in [6, 6.07) is 0. The summed E-state index contributed by atoms with van der Waals surface area (Å²) in [5, 5.41) is 3.10. The van der Waals surface area contributed by atoms with Crippen LogP contribution in [-0.2, 0) is 4.79 Å². The highest BCUT2D eigenvalue weighted by Crippen LogP contribution is 2.14. The average Bonchev–Trinajstić information content (AvgIpc) is 2.24. The number of hydrogen-bond acceptors (Lipinski definition) is 2. The van der Waals surface area contributed by atoms with Gasteiger partial charge in [-0.3, -0.25) is 4.79 Å². The molecule has 1 amide bonds. The summed E-state index contributed by atoms with van der Waals surface area (Å²) in [6.45, 7) is 7.05. The van der Waals surface area contributed by atoms with Gasteiger partial charge in [-0.1, -0.05) is 20.3 Å². The normalized spacial score (nSPS) is 11.5. The van der Waals surface area contributed by atoms with E-state index in [1.165, 1.54) is 0 Å². The minimum absolute atomic E-state index is 0.0229. The molecule has 3 heteroatoms. The Balaban J connectivity index is 3.72. The highest BCUT2D eigenvalue weighted by molar-refractivity contribution is 5.76. The molecule has 0 radical (unpaired) electrons. The Bertz CT molecular complexity index is 176. The number of rotatable bonds is 8. The Kier molecular flexibility index (Phi) is 7.39. The second kappa shape index (κ2) is 7.69. The van der Waals surface area contributed by atoms with E-state index in [2.05, 4.69) is 26.1 Å². The van der Waals surface area contributed by atoms with Crippen molar-refractivity contribution in [3.8, 4) is 0 Å². The lowest BCUT2D eigenvalue weighted by molar-refractivity contribution is -0.123. The highest BCUT2D eigenvalue weighted by Gasteiger charge is 2.21. The van der Waals surface area contributed by atoms with Crippen LogP contribution in [0.3, 0.4) is 0 Å². The molecule has 0 heterocycles. The molecule has 3 nitrogen and oxygen atoms in total. The molecule has 0 aromatic carbocycles. The van der Waals surface area contributed by atoms with Gasteiger partial charge in [0, 0.05) is 12.0 Å². The van der Waals surface area contributed by atoms with E-state index in [-0.39, 0.29) is 11.4 Å². The molecule has 3 N–H and O–H groups in total. The second-order valence-electron chi connectivity index (χ2n) is 4.42. The van der Waals surface area contributed by atoms with E-state index >= 15 is 0 Å². The SMILES string of the molecule is CCC(C)(CC)NC(=O)CCCCCN. The molecule has 0 saturated carbocycles. The summed E-state index contributed by atoms with van der Waals surface area (Å²) in [6.07, 6.45) is 5.63. The van der Waals surface area contributed by atoms with Gasteiger partial charge in [-0.25, -0.2) is 0 Å². The third-order valence-corrected chi connectivity index (χ3v) is 3.11. The van der Waals surface area contributed by atoms with Gasteiger partial charge in [0.25, 0.3) is 0 Å². The molecule has 0 aromatic heterocycles. The van der Waals surface area contributed by atoms with Crippen molar-refractivity contribution in [1.29, 1.82) is 0 Å². The van der Waals surface area contributed by atoms with E-state index in [9.17, 15) is 4.79 Å². The molecule has 0 atom stereocenters. The lowest BCUT2D eigenvalue weighted by atomic mass is 9.95. The van der Waals surface area contributed by atoms with Crippen LogP contribution in [0.1, 0.15) is 59.3 Å². The predicted molar refractivity (Wildman–Crippen MR) is 64.7 cm³/mol. The number of carbonyl (C=O) groups excluding carboxylic acids is 1. The number of amides is 1. The standard InChI is InChI=1S/C12H26N2O/c1-4-12(3,5-2)14-11(15)9-7-6-8-10-13/h4-10,13H2,1-3H3,(H,14,15). The monoisotopic (exact) mass is 214 g/mol. The van der Waals surface area contributed by atoms with Crippen LogP contribution in [-0.4, -0.2) is 18.0 Å². The van der Waals surface area contributed by atoms with E-state index in [0.29, 0.717) is 6.42 Å². The van der Waals surface area contributed by atoms with Gasteiger partial charge in [-0.05, 0) is 39.2 Å². The molecule has 0 unspecified atom stereocenters. The molecule has 0 aliphatic carbocycles. The first-order valence-electron chi connectivity index (χ1n) is 6.09. The van der Waals surface area contributed by atoms with Gasteiger partial charge in [-0.15, -0.1) is 0 Å². The van der Waals surface area contributed by atoms with Gasteiger partial charge in [0.15, 0.2) is 0 Å². The molecule has 0 spiro atoms. The molecule has 0 aromatic rings. The summed E-state index contributed by atoms with van der Waals surface area (Å²) >= 11 is 0. The van der Waals surface area contributed by atoms with Gasteiger partial charge in [-0.2, -0.15) is 0 Å². The fourth-order valence-corrected chi connectivity index (χ4v) is 1.43. The Morgan fingerprint density at radius 2 is 1.80 bits per heavy atom. The zero-order valence-electron chi connectivity index (χ0n) is 10.4. The summed E-state index contributed by atoms with van der Waals surface area (Å²) in [4.78, 5) is 11.6. The van der Waals surface area contributed by atoms with Crippen molar-refractivity contribution < 1.29 is 4.79 Å². The number of unbranched alkanes of at least 4 members (excludes halogenated alkanes) is 2. The largest absolute Gasteiger partial charge is 0.351 e. The number of nitrogens with two attached hydrogens (primary N) is 1. The van der Waals surface area contributed by atoms with Gasteiger partial charge >= 0.3 is 0 Å². The average molecular weight is 214 g/mol. The van der Waals surface area contributed by atoms with Crippen molar-refractivity contribution in [2.75, 3.05) is 6.54 Å². The number of hydrogen-bond donors (Lipinski definition) is 2. The molecular weight excluding hydrogens is 188 g/mol. The van der Waals surface area contributed by atoms with Crippen molar-refractivity contribution in [3.05, 3.63) is 0 Å². The molecule has 0 saturated heterocycles. The van der Waals surface area contributed by atoms with Crippen LogP contribution in [0.25, 0.3) is 0 Å². The third-order valence-electron chi connectivity index (χ3n) is 3.11. The first kappa shape index (κ1) is 14.4. The minimum atomic E-state index is -0.0229. The fourth-order valence-electron chi connectivity index (χ4n) is 1.43. The maximum atomic E-state index is 11.6. The van der Waals surface area contributed by atoms with Crippen LogP contribution in [0.4, 0.5) is 0 Å². The molecular formula is C12H26N2O. The molecule has 0 bridgehead atoms. The molecule has 15 heavy (non-hydrogen) atoms. The number of carbonyl (C=O) groups is 1. The first-order chi connectivity index (χ1) is 7.08. The Labute approximate surface area is 93.8 Å². The quantitative estimate of drug-likeness (QED) is 0.609. The van der Waals surface area contributed by atoms with E-state index in [0.717, 1.165) is 38.6 Å². The van der Waals surface area contributed by atoms with Crippen molar-refractivity contribution in [2.45, 2.75) is 64.8 Å². The predicted octanol–water partition coefficient (Wildman–Crippen LogP) is 2.20. The van der Waals surface area contributed by atoms with E-state index in [1.54, 1.807) is 0 Å². The van der Waals surface area contributed by atoms with Crippen LogP contribution in [0.2, 0.25) is 0 Å². The topological polar surface area (TPSA) is 55.1 Å². The molecule has 0 fully saturated rings. The van der Waals surface area contributed by atoms with Crippen LogP contribution < -0.4 is 11.1 Å². The smallest absolute Gasteiger partial charge is 0.220 e. The molecule has 0 rings (SSSR count). The fraction of sp³-hybridized carbons (Fsp3) is 0.917. The lowest BCUT2D eigenvalue weighted by Gasteiger charge is -2.28. The van der Waals surface area contributed by atoms with Gasteiger partial charge in [0.05, 0.1) is 0 Å². The van der Waals surface area contributed by atoms with Crippen LogP contribution in [0.15, 0.2) is 0 Å². The summed E-state index contributed by atoms with van der Waals surface area (Å²) in [7, 11) is 0. The zero-order valence-corrected chi connectivity index (χ0v) is 10.4. The van der Waals surface area contributed by atoms with Gasteiger partial charge < -0.3 is 11.1 Å². The molecule has 0 aliphatic rings. The summed E-state index contributed by atoms with van der Waals surface area (Å²) < 4.78 is 0. The Morgan fingerprint density at radius 1 is 1.20 bits per heavy atom. The van der Waals surface area contributed by atoms with E-state index < -0.39 is 0 Å². The minimum Gasteiger partial charge on any atom is -0.351 e. The first-order valence-corrected chi connectivity index (χ1v) is 6.09. The van der Waals surface area contributed by atoms with Crippen LogP contribution in [0, 0.1) is 0 Å². The Hall–Kier alpha value is -0.570. The number of nitrogens with one attached hydrogen (secondary N) is 1. The molecule has 90 valence electrons. The maximum absolute atomic E-state index is 11.6. The summed E-state index contributed by atoms with van der Waals surface area (Å²) in [5.41, 5.74) is 5.37. The Morgan fingerprint density at radius 3 is 2.27 bits per heavy atom. The second-order valence-corrected chi connectivity index (χ2v) is 4.42. The van der Waals surface area contributed by atoms with Crippen molar-refractivity contribution >= 4 is 5.91 Å². The van der Waals surface area contributed by atoms with Crippen molar-refractivity contribution in [2.24, 2.45) is 5.73 Å². The van der Waals surface area contributed by atoms with Crippen molar-refractivity contribution in [1.82, 2.24) is 5.32 Å². The molecule has 0 aliphatic heterocycles. The van der Waals surface area contributed by atoms with Crippen molar-refractivity contribution in [3.63, 3.8) is 0 Å². The maximum Gasteiger partial charge on any atom is 0.220 e. The van der Waals surface area contributed by atoms with Crippen LogP contribution in [0.5, 0.6) is 0 Å².